The van der Waals surface area contributed by atoms with Crippen LogP contribution in [-0.2, 0) is 6.42 Å². The third-order valence-electron chi connectivity index (χ3n) is 4.13. The van der Waals surface area contributed by atoms with Crippen molar-refractivity contribution in [2.45, 2.75) is 31.4 Å². The van der Waals surface area contributed by atoms with Crippen molar-refractivity contribution in [1.29, 1.82) is 0 Å². The molecule has 8 heteroatoms. The normalized spacial score (nSPS) is 10.8. The van der Waals surface area contributed by atoms with Gasteiger partial charge in [0, 0.05) is 23.3 Å². The number of Topliss-reactive ketones (excluding diaryl/α,β-unsaturated/α-hetero) is 1. The lowest BCUT2D eigenvalue weighted by molar-refractivity contribution is -0.384. The fraction of sp³-hybridized carbons (Fsp3) is 0.250. The van der Waals surface area contributed by atoms with Crippen LogP contribution in [0.15, 0.2) is 58.2 Å². The van der Waals surface area contributed by atoms with Crippen molar-refractivity contribution in [2.75, 3.05) is 5.75 Å². The Morgan fingerprint density at radius 1 is 1.18 bits per heavy atom. The van der Waals surface area contributed by atoms with Gasteiger partial charge in [0.1, 0.15) is 0 Å². The molecular weight excluding hydrogens is 378 g/mol. The van der Waals surface area contributed by atoms with Gasteiger partial charge in [0.2, 0.25) is 5.89 Å². The summed E-state index contributed by atoms with van der Waals surface area (Å²) in [5.74, 6) is 0.325. The van der Waals surface area contributed by atoms with Gasteiger partial charge in [-0.15, -0.1) is 10.2 Å². The van der Waals surface area contributed by atoms with Gasteiger partial charge in [-0.2, -0.15) is 0 Å². The lowest BCUT2D eigenvalue weighted by atomic mass is 10.1. The molecule has 0 spiro atoms. The Balaban J connectivity index is 1.60. The molecule has 3 aromatic rings. The van der Waals surface area contributed by atoms with Crippen LogP contribution in [-0.4, -0.2) is 26.7 Å². The van der Waals surface area contributed by atoms with E-state index in [9.17, 15) is 14.9 Å². The van der Waals surface area contributed by atoms with Crippen LogP contribution in [0.3, 0.4) is 0 Å². The number of thioether (sulfide) groups is 1. The van der Waals surface area contributed by atoms with Crippen LogP contribution in [0, 0.1) is 10.1 Å². The molecule has 0 bridgehead atoms. The number of unbranched alkanes of at least 4 members (excludes halogenated alkanes) is 1. The van der Waals surface area contributed by atoms with E-state index >= 15 is 0 Å². The molecule has 0 amide bonds. The van der Waals surface area contributed by atoms with Crippen molar-refractivity contribution in [3.63, 3.8) is 0 Å². The second-order valence-electron chi connectivity index (χ2n) is 6.19. The van der Waals surface area contributed by atoms with E-state index in [1.165, 1.54) is 17.7 Å². The highest BCUT2D eigenvalue weighted by atomic mass is 32.2. The number of aromatic nitrogens is 2. The molecule has 0 aliphatic rings. The molecule has 0 atom stereocenters. The number of rotatable bonds is 9. The molecule has 0 saturated heterocycles. The number of carbonyl (C=O) groups is 1. The minimum absolute atomic E-state index is 0.0258. The van der Waals surface area contributed by atoms with Gasteiger partial charge in [0.25, 0.3) is 10.9 Å². The Kier molecular flexibility index (Phi) is 6.54. The molecule has 0 unspecified atom stereocenters. The number of carbonyl (C=O) groups excluding carboxylic acids is 1. The van der Waals surface area contributed by atoms with Crippen molar-refractivity contribution in [3.8, 4) is 11.5 Å². The van der Waals surface area contributed by atoms with Crippen LogP contribution >= 0.6 is 11.8 Å². The van der Waals surface area contributed by atoms with Crippen LogP contribution < -0.4 is 0 Å². The van der Waals surface area contributed by atoms with E-state index < -0.39 is 4.92 Å². The molecule has 144 valence electrons. The minimum atomic E-state index is -0.484. The predicted molar refractivity (Wildman–Crippen MR) is 106 cm³/mol. The zero-order valence-electron chi connectivity index (χ0n) is 15.3. The molecule has 0 aliphatic carbocycles. The summed E-state index contributed by atoms with van der Waals surface area (Å²) in [6.45, 7) is 2.15. The van der Waals surface area contributed by atoms with Crippen molar-refractivity contribution >= 4 is 23.2 Å². The van der Waals surface area contributed by atoms with E-state index in [0.717, 1.165) is 31.0 Å². The molecule has 1 aromatic heterocycles. The van der Waals surface area contributed by atoms with Crippen LogP contribution in [0.2, 0.25) is 0 Å². The van der Waals surface area contributed by atoms with Crippen LogP contribution in [0.1, 0.15) is 35.7 Å². The maximum Gasteiger partial charge on any atom is 0.277 e. The molecule has 0 fully saturated rings. The topological polar surface area (TPSA) is 99.1 Å². The van der Waals surface area contributed by atoms with Gasteiger partial charge < -0.3 is 4.42 Å². The van der Waals surface area contributed by atoms with Gasteiger partial charge in [-0.3, -0.25) is 14.9 Å². The molecule has 1 heterocycles. The van der Waals surface area contributed by atoms with Gasteiger partial charge >= 0.3 is 0 Å². The quantitative estimate of drug-likeness (QED) is 0.218. The first-order chi connectivity index (χ1) is 13.6. The summed E-state index contributed by atoms with van der Waals surface area (Å²) in [4.78, 5) is 22.7. The number of ketones is 1. The SMILES string of the molecule is CCCCc1ccc(C(=O)CSc2nnc(-c3cccc([N+](=O)[O-])c3)o2)cc1. The highest BCUT2D eigenvalue weighted by Crippen LogP contribution is 2.26. The predicted octanol–water partition coefficient (Wildman–Crippen LogP) is 4.96. The number of hydrogen-bond acceptors (Lipinski definition) is 7. The van der Waals surface area contributed by atoms with E-state index in [1.54, 1.807) is 12.1 Å². The van der Waals surface area contributed by atoms with Crippen molar-refractivity contribution in [3.05, 3.63) is 69.8 Å². The molecule has 28 heavy (non-hydrogen) atoms. The van der Waals surface area contributed by atoms with Gasteiger partial charge in [0.05, 0.1) is 10.7 Å². The first kappa shape index (κ1) is 19.8. The second kappa shape index (κ2) is 9.27. The Bertz CT molecular complexity index is 970. The lowest BCUT2D eigenvalue weighted by Gasteiger charge is -2.02. The number of nitro groups is 1. The number of nitrogens with zero attached hydrogens (tertiary/aromatic N) is 3. The van der Waals surface area contributed by atoms with Crippen LogP contribution in [0.4, 0.5) is 5.69 Å². The maximum atomic E-state index is 12.4. The molecule has 0 saturated carbocycles. The van der Waals surface area contributed by atoms with E-state index in [0.29, 0.717) is 11.1 Å². The third kappa shape index (κ3) is 5.04. The lowest BCUT2D eigenvalue weighted by Crippen LogP contribution is -2.02. The monoisotopic (exact) mass is 397 g/mol. The number of hydrogen-bond donors (Lipinski definition) is 0. The molecular formula is C20H19N3O4S. The van der Waals surface area contributed by atoms with E-state index in [2.05, 4.69) is 17.1 Å². The van der Waals surface area contributed by atoms with E-state index in [1.807, 2.05) is 24.3 Å². The highest BCUT2D eigenvalue weighted by molar-refractivity contribution is 7.99. The Hall–Kier alpha value is -3.00. The third-order valence-corrected chi connectivity index (χ3v) is 4.95. The summed E-state index contributed by atoms with van der Waals surface area (Å²) < 4.78 is 5.52. The Morgan fingerprint density at radius 3 is 2.68 bits per heavy atom. The first-order valence-corrected chi connectivity index (χ1v) is 9.88. The Morgan fingerprint density at radius 2 is 1.96 bits per heavy atom. The molecule has 0 aliphatic heterocycles. The summed E-state index contributed by atoms with van der Waals surface area (Å²) in [6.07, 6.45) is 3.29. The summed E-state index contributed by atoms with van der Waals surface area (Å²) >= 11 is 1.14. The van der Waals surface area contributed by atoms with Crippen LogP contribution in [0.25, 0.3) is 11.5 Å². The summed E-state index contributed by atoms with van der Waals surface area (Å²) in [5, 5.41) is 18.9. The second-order valence-corrected chi connectivity index (χ2v) is 7.12. The molecule has 0 N–H and O–H groups in total. The minimum Gasteiger partial charge on any atom is -0.411 e. The molecule has 3 rings (SSSR count). The summed E-state index contributed by atoms with van der Waals surface area (Å²) in [7, 11) is 0. The van der Waals surface area contributed by atoms with E-state index in [4.69, 9.17) is 4.42 Å². The highest BCUT2D eigenvalue weighted by Gasteiger charge is 2.14. The largest absolute Gasteiger partial charge is 0.411 e. The van der Waals surface area contributed by atoms with Crippen molar-refractivity contribution in [1.82, 2.24) is 10.2 Å². The molecule has 2 aromatic carbocycles. The zero-order chi connectivity index (χ0) is 19.9. The molecule has 0 radical (unpaired) electrons. The smallest absolute Gasteiger partial charge is 0.277 e. The number of benzene rings is 2. The van der Waals surface area contributed by atoms with Gasteiger partial charge in [-0.05, 0) is 24.5 Å². The average molecular weight is 397 g/mol. The van der Waals surface area contributed by atoms with Crippen molar-refractivity contribution in [2.24, 2.45) is 0 Å². The summed E-state index contributed by atoms with van der Waals surface area (Å²) in [5.41, 5.74) is 2.28. The standard InChI is InChI=1S/C20H19N3O4S/c1-2-3-5-14-8-10-15(11-9-14)18(24)13-28-20-22-21-19(27-20)16-6-4-7-17(12-16)23(25)26/h4,6-12H,2-3,5,13H2,1H3. The fourth-order valence-electron chi connectivity index (χ4n) is 2.59. The number of aryl methyl sites for hydroxylation is 1. The number of nitro benzene ring substituents is 1. The summed E-state index contributed by atoms with van der Waals surface area (Å²) in [6, 6.07) is 13.6. The van der Waals surface area contributed by atoms with Gasteiger partial charge in [0.15, 0.2) is 5.78 Å². The fourth-order valence-corrected chi connectivity index (χ4v) is 3.24. The zero-order valence-corrected chi connectivity index (χ0v) is 16.1. The van der Waals surface area contributed by atoms with E-state index in [-0.39, 0.29) is 28.3 Å². The van der Waals surface area contributed by atoms with Gasteiger partial charge in [-0.1, -0.05) is 55.4 Å². The van der Waals surface area contributed by atoms with Crippen LogP contribution in [0.5, 0.6) is 0 Å². The molecule has 7 nitrogen and oxygen atoms in total. The van der Waals surface area contributed by atoms with Crippen molar-refractivity contribution < 1.29 is 14.1 Å². The Labute approximate surface area is 166 Å². The maximum absolute atomic E-state index is 12.4. The van der Waals surface area contributed by atoms with Gasteiger partial charge in [-0.25, -0.2) is 0 Å². The average Bonchev–Trinajstić information content (AvgIpc) is 3.20. The first-order valence-electron chi connectivity index (χ1n) is 8.90. The number of non-ortho nitro benzene ring substituents is 1.